The van der Waals surface area contributed by atoms with Gasteiger partial charge in [-0.25, -0.2) is 9.18 Å². The second-order valence-electron chi connectivity index (χ2n) is 6.00. The van der Waals surface area contributed by atoms with Crippen molar-refractivity contribution in [1.29, 1.82) is 0 Å². The van der Waals surface area contributed by atoms with Crippen molar-refractivity contribution in [3.63, 3.8) is 0 Å². The summed E-state index contributed by atoms with van der Waals surface area (Å²) in [6.07, 6.45) is -1.22. The van der Waals surface area contributed by atoms with Crippen molar-refractivity contribution >= 4 is 11.9 Å². The van der Waals surface area contributed by atoms with Gasteiger partial charge in [0, 0.05) is 5.54 Å². The minimum atomic E-state index is -1.22. The van der Waals surface area contributed by atoms with Gasteiger partial charge in [-0.15, -0.1) is 0 Å². The highest BCUT2D eigenvalue weighted by Crippen LogP contribution is 2.35. The van der Waals surface area contributed by atoms with Crippen LogP contribution < -0.4 is 0 Å². The van der Waals surface area contributed by atoms with Gasteiger partial charge in [0.1, 0.15) is 12.4 Å². The quantitative estimate of drug-likeness (QED) is 0.906. The van der Waals surface area contributed by atoms with Crippen LogP contribution in [0.5, 0.6) is 0 Å². The van der Waals surface area contributed by atoms with E-state index in [-0.39, 0.29) is 12.5 Å². The molecule has 0 aliphatic carbocycles. The third-order valence-electron chi connectivity index (χ3n) is 3.38. The van der Waals surface area contributed by atoms with Gasteiger partial charge < -0.3 is 14.7 Å². The smallest absolute Gasteiger partial charge is 0.335 e. The highest BCUT2D eigenvalue weighted by Gasteiger charge is 2.46. The number of carboxylic acids is 1. The average molecular weight is 295 g/mol. The van der Waals surface area contributed by atoms with Crippen LogP contribution in [0.25, 0.3) is 0 Å². The molecule has 1 aromatic carbocycles. The summed E-state index contributed by atoms with van der Waals surface area (Å²) in [5.41, 5.74) is -0.198. The molecule has 2 rings (SSSR count). The molecule has 2 atom stereocenters. The molecule has 6 heteroatoms. The van der Waals surface area contributed by atoms with Crippen molar-refractivity contribution < 1.29 is 23.8 Å². The molecule has 2 unspecified atom stereocenters. The lowest BCUT2D eigenvalue weighted by Crippen LogP contribution is -2.58. The number of amides is 1. The Morgan fingerprint density at radius 1 is 1.43 bits per heavy atom. The Morgan fingerprint density at radius 3 is 2.62 bits per heavy atom. The Bertz CT molecular complexity index is 567. The maximum Gasteiger partial charge on any atom is 0.335 e. The van der Waals surface area contributed by atoms with Gasteiger partial charge >= 0.3 is 5.97 Å². The van der Waals surface area contributed by atoms with E-state index in [1.54, 1.807) is 26.8 Å². The number of nitrogens with zero attached hydrogens (tertiary/aromatic N) is 1. The topological polar surface area (TPSA) is 66.8 Å². The molecule has 1 heterocycles. The number of hydrogen-bond acceptors (Lipinski definition) is 3. The lowest BCUT2D eigenvalue weighted by atomic mass is 9.92. The van der Waals surface area contributed by atoms with Gasteiger partial charge in [0.2, 0.25) is 5.91 Å². The maximum absolute atomic E-state index is 13.5. The van der Waals surface area contributed by atoms with Crippen LogP contribution in [0.1, 0.15) is 32.4 Å². The average Bonchev–Trinajstić information content (AvgIpc) is 2.36. The number of morpholine rings is 1. The van der Waals surface area contributed by atoms with E-state index < -0.39 is 29.5 Å². The zero-order valence-electron chi connectivity index (χ0n) is 12.2. The first kappa shape index (κ1) is 15.4. The number of carbonyl (C=O) groups excluding carboxylic acids is 1. The Balaban J connectivity index is 2.54. The molecule has 1 aliphatic rings. The van der Waals surface area contributed by atoms with E-state index in [4.69, 9.17) is 4.74 Å². The first-order valence-electron chi connectivity index (χ1n) is 6.64. The van der Waals surface area contributed by atoms with E-state index in [0.29, 0.717) is 5.56 Å². The molecule has 0 bridgehead atoms. The molecule has 21 heavy (non-hydrogen) atoms. The van der Waals surface area contributed by atoms with Gasteiger partial charge in [0.25, 0.3) is 0 Å². The fourth-order valence-corrected chi connectivity index (χ4v) is 2.62. The van der Waals surface area contributed by atoms with Gasteiger partial charge in [-0.2, -0.15) is 0 Å². The molecular formula is C15H18FNO4. The number of carbonyl (C=O) groups is 2. The van der Waals surface area contributed by atoms with Crippen molar-refractivity contribution in [3.05, 3.63) is 35.6 Å². The first-order chi connectivity index (χ1) is 9.71. The number of halogens is 1. The summed E-state index contributed by atoms with van der Waals surface area (Å²) < 4.78 is 18.7. The molecule has 1 aromatic rings. The molecule has 1 amide bonds. The SMILES string of the molecule is CC(C)(C)N1C(=O)COC(C(=O)O)C1c1cccc(F)c1. The van der Waals surface area contributed by atoms with E-state index in [1.165, 1.54) is 23.1 Å². The van der Waals surface area contributed by atoms with Crippen LogP contribution in [-0.2, 0) is 14.3 Å². The molecule has 0 spiro atoms. The molecule has 114 valence electrons. The highest BCUT2D eigenvalue weighted by molar-refractivity contribution is 5.83. The summed E-state index contributed by atoms with van der Waals surface area (Å²) >= 11 is 0. The predicted molar refractivity (Wildman–Crippen MR) is 73.1 cm³/mol. The van der Waals surface area contributed by atoms with Gasteiger partial charge in [0.15, 0.2) is 6.10 Å². The van der Waals surface area contributed by atoms with E-state index in [1.807, 2.05) is 0 Å². The zero-order chi connectivity index (χ0) is 15.8. The van der Waals surface area contributed by atoms with Crippen molar-refractivity contribution in [2.75, 3.05) is 6.61 Å². The van der Waals surface area contributed by atoms with Crippen molar-refractivity contribution in [2.24, 2.45) is 0 Å². The highest BCUT2D eigenvalue weighted by atomic mass is 19.1. The van der Waals surface area contributed by atoms with Crippen LogP contribution >= 0.6 is 0 Å². The lowest BCUT2D eigenvalue weighted by Gasteiger charge is -2.46. The van der Waals surface area contributed by atoms with Gasteiger partial charge in [0.05, 0.1) is 6.04 Å². The summed E-state index contributed by atoms with van der Waals surface area (Å²) in [4.78, 5) is 25.1. The van der Waals surface area contributed by atoms with Gasteiger partial charge in [-0.05, 0) is 38.5 Å². The van der Waals surface area contributed by atoms with Gasteiger partial charge in [-0.1, -0.05) is 12.1 Å². The second kappa shape index (κ2) is 5.44. The molecule has 1 saturated heterocycles. The Morgan fingerprint density at radius 2 is 2.10 bits per heavy atom. The Labute approximate surface area is 122 Å². The van der Waals surface area contributed by atoms with E-state index in [0.717, 1.165) is 0 Å². The van der Waals surface area contributed by atoms with E-state index in [2.05, 4.69) is 0 Å². The molecule has 1 N–H and O–H groups in total. The van der Waals surface area contributed by atoms with Crippen LogP contribution in [0.4, 0.5) is 4.39 Å². The fraction of sp³-hybridized carbons (Fsp3) is 0.467. The number of carboxylic acid groups (broad SMARTS) is 1. The molecule has 5 nitrogen and oxygen atoms in total. The minimum absolute atomic E-state index is 0.292. The first-order valence-corrected chi connectivity index (χ1v) is 6.64. The van der Waals surface area contributed by atoms with Crippen LogP contribution in [0.15, 0.2) is 24.3 Å². The monoisotopic (exact) mass is 295 g/mol. The zero-order valence-corrected chi connectivity index (χ0v) is 12.2. The molecule has 0 saturated carbocycles. The van der Waals surface area contributed by atoms with Crippen molar-refractivity contribution in [1.82, 2.24) is 4.90 Å². The molecule has 0 radical (unpaired) electrons. The fourth-order valence-electron chi connectivity index (χ4n) is 2.62. The number of hydrogen-bond donors (Lipinski definition) is 1. The van der Waals surface area contributed by atoms with Crippen LogP contribution in [0, 0.1) is 5.82 Å². The normalized spacial score (nSPS) is 23.2. The Kier molecular flexibility index (Phi) is 4.00. The second-order valence-corrected chi connectivity index (χ2v) is 6.00. The summed E-state index contributed by atoms with van der Waals surface area (Å²) in [7, 11) is 0. The number of benzene rings is 1. The van der Waals surface area contributed by atoms with Crippen LogP contribution in [-0.4, -0.2) is 40.1 Å². The number of rotatable bonds is 2. The molecule has 0 aromatic heterocycles. The van der Waals surface area contributed by atoms with Crippen LogP contribution in [0.3, 0.4) is 0 Å². The lowest BCUT2D eigenvalue weighted by molar-refractivity contribution is -0.179. The minimum Gasteiger partial charge on any atom is -0.479 e. The van der Waals surface area contributed by atoms with Crippen molar-refractivity contribution in [2.45, 2.75) is 38.5 Å². The van der Waals surface area contributed by atoms with Crippen LogP contribution in [0.2, 0.25) is 0 Å². The molecule has 1 fully saturated rings. The standard InChI is InChI=1S/C15H18FNO4/c1-15(2,3)17-11(18)8-21-13(14(19)20)12(17)9-5-4-6-10(16)7-9/h4-7,12-13H,8H2,1-3H3,(H,19,20). The predicted octanol–water partition coefficient (Wildman–Crippen LogP) is 1.98. The van der Waals surface area contributed by atoms with E-state index in [9.17, 15) is 19.1 Å². The van der Waals surface area contributed by atoms with Gasteiger partial charge in [-0.3, -0.25) is 4.79 Å². The molecule has 1 aliphatic heterocycles. The summed E-state index contributed by atoms with van der Waals surface area (Å²) in [6, 6.07) is 4.74. The number of aliphatic carboxylic acids is 1. The van der Waals surface area contributed by atoms with Crippen molar-refractivity contribution in [3.8, 4) is 0 Å². The maximum atomic E-state index is 13.5. The summed E-state index contributed by atoms with van der Waals surface area (Å²) in [5.74, 6) is -1.97. The van der Waals surface area contributed by atoms with E-state index >= 15 is 0 Å². The summed E-state index contributed by atoms with van der Waals surface area (Å²) in [6.45, 7) is 5.13. The third-order valence-corrected chi connectivity index (χ3v) is 3.38. The Hall–Kier alpha value is -1.95. The third kappa shape index (κ3) is 3.05. The number of ether oxygens (including phenoxy) is 1. The largest absolute Gasteiger partial charge is 0.479 e. The summed E-state index contributed by atoms with van der Waals surface area (Å²) in [5, 5.41) is 9.35. The molecular weight excluding hydrogens is 277 g/mol.